The van der Waals surface area contributed by atoms with Crippen LogP contribution >= 0.6 is 11.8 Å². The van der Waals surface area contributed by atoms with Gasteiger partial charge < -0.3 is 10.2 Å². The highest BCUT2D eigenvalue weighted by atomic mass is 32.2. The minimum atomic E-state index is 0.653. The highest BCUT2D eigenvalue weighted by Crippen LogP contribution is 2.31. The quantitative estimate of drug-likeness (QED) is 0.924. The number of anilines is 2. The molecule has 0 bridgehead atoms. The minimum Gasteiger partial charge on any atom is -0.370 e. The first-order valence-corrected chi connectivity index (χ1v) is 8.51. The lowest BCUT2D eigenvalue weighted by Crippen LogP contribution is -2.41. The van der Waals surface area contributed by atoms with Gasteiger partial charge in [0.25, 0.3) is 0 Å². The molecule has 0 amide bonds. The van der Waals surface area contributed by atoms with Gasteiger partial charge in [0.05, 0.1) is 0 Å². The van der Waals surface area contributed by atoms with Crippen molar-refractivity contribution in [3.05, 3.63) is 11.4 Å². The highest BCUT2D eigenvalue weighted by Gasteiger charge is 2.25. The molecule has 1 aliphatic heterocycles. The van der Waals surface area contributed by atoms with E-state index in [4.69, 9.17) is 4.98 Å². The number of hydrogen-bond donors (Lipinski definition) is 1. The molecule has 1 N–H and O–H groups in total. The fourth-order valence-corrected chi connectivity index (χ4v) is 4.03. The van der Waals surface area contributed by atoms with Crippen molar-refractivity contribution in [2.75, 3.05) is 29.9 Å². The SMILES string of the molecule is CCNc1nc(CC)nc(N2CC(C)SC(C)C2)c1C. The van der Waals surface area contributed by atoms with Gasteiger partial charge in [-0.1, -0.05) is 20.8 Å². The van der Waals surface area contributed by atoms with Crippen LogP contribution < -0.4 is 10.2 Å². The Morgan fingerprint density at radius 3 is 2.40 bits per heavy atom. The summed E-state index contributed by atoms with van der Waals surface area (Å²) < 4.78 is 0. The second-order valence-electron chi connectivity index (χ2n) is 5.48. The van der Waals surface area contributed by atoms with Crippen molar-refractivity contribution < 1.29 is 0 Å². The molecule has 1 aromatic heterocycles. The summed E-state index contributed by atoms with van der Waals surface area (Å²) >= 11 is 2.07. The van der Waals surface area contributed by atoms with Gasteiger partial charge in [0.1, 0.15) is 17.5 Å². The smallest absolute Gasteiger partial charge is 0.137 e. The fraction of sp³-hybridized carbons (Fsp3) is 0.733. The summed E-state index contributed by atoms with van der Waals surface area (Å²) in [5, 5.41) is 4.68. The second-order valence-corrected chi connectivity index (χ2v) is 7.36. The maximum absolute atomic E-state index is 4.79. The Morgan fingerprint density at radius 2 is 1.85 bits per heavy atom. The molecule has 0 radical (unpaired) electrons. The Balaban J connectivity index is 2.36. The Morgan fingerprint density at radius 1 is 1.20 bits per heavy atom. The first-order valence-electron chi connectivity index (χ1n) is 7.56. The molecule has 112 valence electrons. The average molecular weight is 294 g/mol. The van der Waals surface area contributed by atoms with E-state index in [2.05, 4.69) is 61.6 Å². The van der Waals surface area contributed by atoms with Crippen LogP contribution in [0.4, 0.5) is 11.6 Å². The monoisotopic (exact) mass is 294 g/mol. The molecule has 2 atom stereocenters. The largest absolute Gasteiger partial charge is 0.370 e. The van der Waals surface area contributed by atoms with Crippen LogP contribution in [0.25, 0.3) is 0 Å². The van der Waals surface area contributed by atoms with Crippen LogP contribution in [0.3, 0.4) is 0 Å². The Labute approximate surface area is 126 Å². The predicted molar refractivity (Wildman–Crippen MR) is 89.0 cm³/mol. The number of thioether (sulfide) groups is 1. The van der Waals surface area contributed by atoms with Gasteiger partial charge in [0.15, 0.2) is 0 Å². The van der Waals surface area contributed by atoms with E-state index in [-0.39, 0.29) is 0 Å². The van der Waals surface area contributed by atoms with Crippen molar-refractivity contribution in [1.29, 1.82) is 0 Å². The number of aryl methyl sites for hydroxylation is 1. The number of aromatic nitrogens is 2. The van der Waals surface area contributed by atoms with E-state index >= 15 is 0 Å². The van der Waals surface area contributed by atoms with E-state index in [1.54, 1.807) is 0 Å². The van der Waals surface area contributed by atoms with Gasteiger partial charge in [-0.3, -0.25) is 0 Å². The van der Waals surface area contributed by atoms with Crippen LogP contribution in [0.15, 0.2) is 0 Å². The molecule has 4 nitrogen and oxygen atoms in total. The molecule has 0 aliphatic carbocycles. The lowest BCUT2D eigenvalue weighted by molar-refractivity contribution is 0.710. The normalized spacial score (nSPS) is 22.9. The van der Waals surface area contributed by atoms with Crippen LogP contribution in [-0.4, -0.2) is 40.1 Å². The van der Waals surface area contributed by atoms with Gasteiger partial charge in [-0.15, -0.1) is 0 Å². The molecule has 1 aliphatic rings. The molecular weight excluding hydrogens is 268 g/mol. The zero-order valence-corrected chi connectivity index (χ0v) is 14.0. The second kappa shape index (κ2) is 6.66. The Bertz CT molecular complexity index is 453. The third-order valence-electron chi connectivity index (χ3n) is 3.55. The number of nitrogens with one attached hydrogen (secondary N) is 1. The third kappa shape index (κ3) is 3.37. The fourth-order valence-electron chi connectivity index (χ4n) is 2.71. The zero-order valence-electron chi connectivity index (χ0n) is 13.2. The van der Waals surface area contributed by atoms with Gasteiger partial charge in [-0.05, 0) is 13.8 Å². The molecule has 5 heteroatoms. The molecule has 1 saturated heterocycles. The van der Waals surface area contributed by atoms with E-state index in [9.17, 15) is 0 Å². The first-order chi connectivity index (χ1) is 9.55. The molecule has 1 aromatic rings. The molecular formula is C15H26N4S. The maximum atomic E-state index is 4.79. The lowest BCUT2D eigenvalue weighted by Gasteiger charge is -2.36. The maximum Gasteiger partial charge on any atom is 0.137 e. The summed E-state index contributed by atoms with van der Waals surface area (Å²) in [7, 11) is 0. The van der Waals surface area contributed by atoms with Crippen LogP contribution in [0, 0.1) is 6.92 Å². The van der Waals surface area contributed by atoms with E-state index in [0.29, 0.717) is 10.5 Å². The van der Waals surface area contributed by atoms with Crippen LogP contribution in [0.2, 0.25) is 0 Å². The number of hydrogen-bond acceptors (Lipinski definition) is 5. The predicted octanol–water partition coefficient (Wildman–Crippen LogP) is 3.11. The lowest BCUT2D eigenvalue weighted by atomic mass is 10.2. The minimum absolute atomic E-state index is 0.653. The van der Waals surface area contributed by atoms with Crippen molar-refractivity contribution in [3.8, 4) is 0 Å². The van der Waals surface area contributed by atoms with Gasteiger partial charge in [0.2, 0.25) is 0 Å². The summed E-state index contributed by atoms with van der Waals surface area (Å²) in [5.74, 6) is 3.04. The van der Waals surface area contributed by atoms with Gasteiger partial charge in [0, 0.05) is 42.1 Å². The van der Waals surface area contributed by atoms with Gasteiger partial charge in [-0.25, -0.2) is 9.97 Å². The van der Waals surface area contributed by atoms with Crippen LogP contribution in [0.5, 0.6) is 0 Å². The van der Waals surface area contributed by atoms with Gasteiger partial charge >= 0.3 is 0 Å². The van der Waals surface area contributed by atoms with Crippen molar-refractivity contribution in [2.45, 2.75) is 51.5 Å². The first kappa shape index (κ1) is 15.4. The molecule has 20 heavy (non-hydrogen) atoms. The summed E-state index contributed by atoms with van der Waals surface area (Å²) in [6.45, 7) is 14.0. The van der Waals surface area contributed by atoms with Crippen LogP contribution in [0.1, 0.15) is 39.1 Å². The standard InChI is InChI=1S/C15H26N4S/c1-6-13-17-14(16-7-2)12(5)15(18-13)19-8-10(3)20-11(4)9-19/h10-11H,6-9H2,1-5H3,(H,16,17,18). The molecule has 0 spiro atoms. The summed E-state index contributed by atoms with van der Waals surface area (Å²) in [6.07, 6.45) is 0.874. The molecule has 0 saturated carbocycles. The van der Waals surface area contributed by atoms with Crippen molar-refractivity contribution >= 4 is 23.4 Å². The van der Waals surface area contributed by atoms with E-state index in [1.165, 1.54) is 5.56 Å². The third-order valence-corrected chi connectivity index (χ3v) is 4.77. The van der Waals surface area contributed by atoms with E-state index in [0.717, 1.165) is 43.5 Å². The zero-order chi connectivity index (χ0) is 14.7. The van der Waals surface area contributed by atoms with E-state index in [1.807, 2.05) is 0 Å². The molecule has 2 unspecified atom stereocenters. The average Bonchev–Trinajstić information content (AvgIpc) is 2.40. The highest BCUT2D eigenvalue weighted by molar-refractivity contribution is 8.00. The molecule has 1 fully saturated rings. The molecule has 2 heterocycles. The summed E-state index contributed by atoms with van der Waals surface area (Å²) in [4.78, 5) is 11.8. The number of nitrogens with zero attached hydrogens (tertiary/aromatic N) is 3. The van der Waals surface area contributed by atoms with E-state index < -0.39 is 0 Å². The van der Waals surface area contributed by atoms with Crippen molar-refractivity contribution in [2.24, 2.45) is 0 Å². The van der Waals surface area contributed by atoms with Crippen molar-refractivity contribution in [3.63, 3.8) is 0 Å². The summed E-state index contributed by atoms with van der Waals surface area (Å²) in [6, 6.07) is 0. The number of rotatable bonds is 4. The molecule has 2 rings (SSSR count). The van der Waals surface area contributed by atoms with Crippen molar-refractivity contribution in [1.82, 2.24) is 9.97 Å². The Hall–Kier alpha value is -0.970. The molecule has 0 aromatic carbocycles. The summed E-state index contributed by atoms with van der Waals surface area (Å²) in [5.41, 5.74) is 1.18. The van der Waals surface area contributed by atoms with Gasteiger partial charge in [-0.2, -0.15) is 11.8 Å². The topological polar surface area (TPSA) is 41.1 Å². The van der Waals surface area contributed by atoms with Crippen LogP contribution in [-0.2, 0) is 6.42 Å². The Kier molecular flexibility index (Phi) is 5.13.